The van der Waals surface area contributed by atoms with Crippen LogP contribution in [0.1, 0.15) is 6.92 Å². The Kier molecular flexibility index (Phi) is 8.17. The lowest BCUT2D eigenvalue weighted by molar-refractivity contribution is -0.130. The molecule has 36 heavy (non-hydrogen) atoms. The van der Waals surface area contributed by atoms with Crippen LogP contribution in [0.2, 0.25) is 0 Å². The first-order valence-corrected chi connectivity index (χ1v) is 11.8. The van der Waals surface area contributed by atoms with E-state index in [1.807, 2.05) is 30.1 Å². The van der Waals surface area contributed by atoms with Gasteiger partial charge in [-0.3, -0.25) is 19.2 Å². The molecule has 0 aliphatic carbocycles. The zero-order chi connectivity index (χ0) is 25.5. The highest BCUT2D eigenvalue weighted by Gasteiger charge is 2.19. The third-order valence-corrected chi connectivity index (χ3v) is 6.03. The summed E-state index contributed by atoms with van der Waals surface area (Å²) in [5.74, 6) is 0.497. The second kappa shape index (κ2) is 11.7. The summed E-state index contributed by atoms with van der Waals surface area (Å²) in [6.45, 7) is 5.73. The van der Waals surface area contributed by atoms with Crippen molar-refractivity contribution in [2.75, 3.05) is 51.3 Å². The van der Waals surface area contributed by atoms with E-state index in [4.69, 9.17) is 9.47 Å². The molecule has 0 atom stereocenters. The van der Waals surface area contributed by atoms with E-state index in [-0.39, 0.29) is 24.2 Å². The highest BCUT2D eigenvalue weighted by Crippen LogP contribution is 2.32. The van der Waals surface area contributed by atoms with E-state index < -0.39 is 0 Å². The Bertz CT molecular complexity index is 1190. The summed E-state index contributed by atoms with van der Waals surface area (Å²) in [4.78, 5) is 28.1. The lowest BCUT2D eigenvalue weighted by Gasteiger charge is -2.34. The van der Waals surface area contributed by atoms with Gasteiger partial charge in [-0.15, -0.1) is 0 Å². The molecule has 3 aromatic rings. The van der Waals surface area contributed by atoms with E-state index in [0.29, 0.717) is 23.8 Å². The van der Waals surface area contributed by atoms with E-state index in [0.717, 1.165) is 44.0 Å². The first-order valence-electron chi connectivity index (χ1n) is 11.8. The maximum atomic E-state index is 13.0. The number of hydrogen-bond donors (Lipinski definition) is 1. The van der Waals surface area contributed by atoms with Crippen molar-refractivity contribution >= 4 is 17.5 Å². The first kappa shape index (κ1) is 25.2. The Hall–Kier alpha value is -3.92. The van der Waals surface area contributed by atoms with Crippen molar-refractivity contribution in [3.8, 4) is 22.8 Å². The van der Waals surface area contributed by atoms with Gasteiger partial charge in [0.15, 0.2) is 6.61 Å². The van der Waals surface area contributed by atoms with Crippen molar-refractivity contribution in [1.82, 2.24) is 19.6 Å². The summed E-state index contributed by atoms with van der Waals surface area (Å²) in [5.41, 5.74) is 2.24. The molecule has 0 bridgehead atoms. The molecule has 0 spiro atoms. The highest BCUT2D eigenvalue weighted by atomic mass is 19.1. The van der Waals surface area contributed by atoms with Gasteiger partial charge in [-0.05, 0) is 48.5 Å². The SMILES string of the molecule is CC(=O)N1CCN(CCOc2ccc(NC(=O)COc3ccc(F)cc3)cc2-c2ccnn2C)CC1. The summed E-state index contributed by atoms with van der Waals surface area (Å²) in [7, 11) is 1.84. The molecule has 1 saturated heterocycles. The molecule has 4 rings (SSSR count). The molecule has 0 saturated carbocycles. The van der Waals surface area contributed by atoms with E-state index in [1.165, 1.54) is 24.3 Å². The molecule has 2 heterocycles. The van der Waals surface area contributed by atoms with Crippen LogP contribution in [-0.4, -0.2) is 77.3 Å². The first-order chi connectivity index (χ1) is 17.4. The number of carbonyl (C=O) groups excluding carboxylic acids is 2. The lowest BCUT2D eigenvalue weighted by atomic mass is 10.1. The minimum absolute atomic E-state index is 0.112. The number of nitrogens with one attached hydrogen (secondary N) is 1. The Morgan fingerprint density at radius 3 is 2.44 bits per heavy atom. The van der Waals surface area contributed by atoms with Crippen molar-refractivity contribution in [2.24, 2.45) is 7.05 Å². The standard InChI is InChI=1S/C26H30FN5O4/c1-19(33)32-13-11-31(12-14-32)15-16-35-25-8-5-21(17-23(25)24-9-10-28-30(24)2)29-26(34)18-36-22-6-3-20(27)4-7-22/h3-10,17H,11-16,18H2,1-2H3,(H,29,34). The number of piperazine rings is 1. The molecule has 10 heteroatoms. The number of amides is 2. The molecule has 2 amide bonds. The number of benzene rings is 2. The van der Waals surface area contributed by atoms with Crippen LogP contribution in [-0.2, 0) is 16.6 Å². The van der Waals surface area contributed by atoms with E-state index in [9.17, 15) is 14.0 Å². The number of ether oxygens (including phenoxy) is 2. The smallest absolute Gasteiger partial charge is 0.262 e. The number of aromatic nitrogens is 2. The fourth-order valence-corrected chi connectivity index (χ4v) is 4.02. The monoisotopic (exact) mass is 495 g/mol. The van der Waals surface area contributed by atoms with E-state index in [2.05, 4.69) is 15.3 Å². The average Bonchev–Trinajstić information content (AvgIpc) is 3.30. The summed E-state index contributed by atoms with van der Waals surface area (Å²) >= 11 is 0. The van der Waals surface area contributed by atoms with Crippen LogP contribution in [0.25, 0.3) is 11.3 Å². The quantitative estimate of drug-likeness (QED) is 0.491. The Labute approximate surface area is 209 Å². The minimum Gasteiger partial charge on any atom is -0.492 e. The van der Waals surface area contributed by atoms with Crippen LogP contribution in [0, 0.1) is 5.82 Å². The van der Waals surface area contributed by atoms with Crippen LogP contribution >= 0.6 is 0 Å². The van der Waals surface area contributed by atoms with Gasteiger partial charge < -0.3 is 19.7 Å². The van der Waals surface area contributed by atoms with Gasteiger partial charge in [-0.2, -0.15) is 5.10 Å². The van der Waals surface area contributed by atoms with Gasteiger partial charge in [0.25, 0.3) is 5.91 Å². The number of hydrogen-bond acceptors (Lipinski definition) is 6. The minimum atomic E-state index is -0.368. The van der Waals surface area contributed by atoms with Crippen molar-refractivity contribution < 1.29 is 23.5 Å². The van der Waals surface area contributed by atoms with Crippen LogP contribution in [0.4, 0.5) is 10.1 Å². The molecule has 0 radical (unpaired) electrons. The van der Waals surface area contributed by atoms with Crippen molar-refractivity contribution in [1.29, 1.82) is 0 Å². The molecular formula is C26H30FN5O4. The summed E-state index contributed by atoms with van der Waals surface area (Å²) < 4.78 is 26.3. The van der Waals surface area contributed by atoms with Crippen LogP contribution in [0.3, 0.4) is 0 Å². The van der Waals surface area contributed by atoms with Gasteiger partial charge in [-0.1, -0.05) is 0 Å². The molecule has 1 N–H and O–H groups in total. The molecule has 190 valence electrons. The molecule has 9 nitrogen and oxygen atoms in total. The number of anilines is 1. The van der Waals surface area contributed by atoms with Crippen molar-refractivity contribution in [3.63, 3.8) is 0 Å². The number of nitrogens with zero attached hydrogens (tertiary/aromatic N) is 4. The molecule has 1 aliphatic rings. The molecule has 1 aliphatic heterocycles. The summed E-state index contributed by atoms with van der Waals surface area (Å²) in [6, 6.07) is 12.8. The maximum Gasteiger partial charge on any atom is 0.262 e. The molecule has 0 unspecified atom stereocenters. The average molecular weight is 496 g/mol. The van der Waals surface area contributed by atoms with Crippen LogP contribution in [0.5, 0.6) is 11.5 Å². The molecule has 2 aromatic carbocycles. The third-order valence-electron chi connectivity index (χ3n) is 6.03. The van der Waals surface area contributed by atoms with Gasteiger partial charge in [0.1, 0.15) is 23.9 Å². The van der Waals surface area contributed by atoms with E-state index >= 15 is 0 Å². The Balaban J connectivity index is 1.37. The topological polar surface area (TPSA) is 88.9 Å². The second-order valence-corrected chi connectivity index (χ2v) is 8.54. The molecular weight excluding hydrogens is 465 g/mol. The Morgan fingerprint density at radius 1 is 1.03 bits per heavy atom. The summed E-state index contributed by atoms with van der Waals surface area (Å²) in [5, 5.41) is 7.09. The number of rotatable bonds is 9. The number of aryl methyl sites for hydroxylation is 1. The lowest BCUT2D eigenvalue weighted by Crippen LogP contribution is -2.48. The summed E-state index contributed by atoms with van der Waals surface area (Å²) in [6.07, 6.45) is 1.70. The van der Waals surface area contributed by atoms with Gasteiger partial charge >= 0.3 is 0 Å². The van der Waals surface area contributed by atoms with Crippen molar-refractivity contribution in [2.45, 2.75) is 6.92 Å². The maximum absolute atomic E-state index is 13.0. The van der Waals surface area contributed by atoms with E-state index in [1.54, 1.807) is 23.9 Å². The van der Waals surface area contributed by atoms with Crippen LogP contribution < -0.4 is 14.8 Å². The molecule has 1 fully saturated rings. The Morgan fingerprint density at radius 2 is 1.78 bits per heavy atom. The number of halogens is 1. The molecule has 1 aromatic heterocycles. The predicted molar refractivity (Wildman–Crippen MR) is 133 cm³/mol. The zero-order valence-electron chi connectivity index (χ0n) is 20.4. The third kappa shape index (κ3) is 6.60. The fourth-order valence-electron chi connectivity index (χ4n) is 4.02. The normalized spacial score (nSPS) is 13.9. The predicted octanol–water partition coefficient (Wildman–Crippen LogP) is 2.79. The number of carbonyl (C=O) groups is 2. The van der Waals surface area contributed by atoms with Gasteiger partial charge in [0.2, 0.25) is 5.91 Å². The van der Waals surface area contributed by atoms with Gasteiger partial charge in [0, 0.05) is 64.1 Å². The van der Waals surface area contributed by atoms with Crippen LogP contribution in [0.15, 0.2) is 54.7 Å². The largest absolute Gasteiger partial charge is 0.492 e. The second-order valence-electron chi connectivity index (χ2n) is 8.54. The van der Waals surface area contributed by atoms with Gasteiger partial charge in [-0.25, -0.2) is 4.39 Å². The zero-order valence-corrected chi connectivity index (χ0v) is 20.4. The fraction of sp³-hybridized carbons (Fsp3) is 0.346. The van der Waals surface area contributed by atoms with Gasteiger partial charge in [0.05, 0.1) is 5.69 Å². The highest BCUT2D eigenvalue weighted by molar-refractivity contribution is 5.93. The van der Waals surface area contributed by atoms with Crippen molar-refractivity contribution in [3.05, 3.63) is 60.5 Å².